The first kappa shape index (κ1) is 18.6. The summed E-state index contributed by atoms with van der Waals surface area (Å²) in [5.41, 5.74) is 0.274. The zero-order valence-electron chi connectivity index (χ0n) is 13.6. The van der Waals surface area contributed by atoms with Gasteiger partial charge < -0.3 is 5.32 Å². The SMILES string of the molecule is CCCC(=O)NC[C@H](c1cccs1)S(=O)(=O)c1ccc(F)c(C)c1. The van der Waals surface area contributed by atoms with E-state index in [0.29, 0.717) is 17.7 Å². The smallest absolute Gasteiger partial charge is 0.220 e. The number of carbonyl (C=O) groups excluding carboxylic acids is 1. The molecule has 1 atom stereocenters. The van der Waals surface area contributed by atoms with Crippen molar-refractivity contribution in [2.45, 2.75) is 36.8 Å². The molecule has 1 heterocycles. The van der Waals surface area contributed by atoms with Gasteiger partial charge in [0.2, 0.25) is 5.91 Å². The first-order valence-corrected chi connectivity index (χ1v) is 10.1. The number of hydrogen-bond acceptors (Lipinski definition) is 4. The Hall–Kier alpha value is -1.73. The van der Waals surface area contributed by atoms with Crippen LogP contribution in [-0.4, -0.2) is 20.9 Å². The maximum absolute atomic E-state index is 13.5. The molecule has 130 valence electrons. The number of benzene rings is 1. The summed E-state index contributed by atoms with van der Waals surface area (Å²) < 4.78 is 39.4. The van der Waals surface area contributed by atoms with Crippen LogP contribution in [0.25, 0.3) is 0 Å². The molecule has 7 heteroatoms. The molecule has 2 rings (SSSR count). The van der Waals surface area contributed by atoms with Crippen molar-refractivity contribution < 1.29 is 17.6 Å². The Bertz CT molecular complexity index is 801. The topological polar surface area (TPSA) is 63.2 Å². The van der Waals surface area contributed by atoms with Crippen LogP contribution >= 0.6 is 11.3 Å². The number of carbonyl (C=O) groups is 1. The van der Waals surface area contributed by atoms with E-state index in [1.54, 1.807) is 17.5 Å². The fraction of sp³-hybridized carbons (Fsp3) is 0.353. The Morgan fingerprint density at radius 2 is 2.08 bits per heavy atom. The summed E-state index contributed by atoms with van der Waals surface area (Å²) in [4.78, 5) is 12.4. The lowest BCUT2D eigenvalue weighted by atomic mass is 10.2. The summed E-state index contributed by atoms with van der Waals surface area (Å²) in [6.07, 6.45) is 1.05. The Kier molecular flexibility index (Phi) is 6.12. The van der Waals surface area contributed by atoms with Gasteiger partial charge in [-0.3, -0.25) is 4.79 Å². The molecule has 0 aliphatic carbocycles. The van der Waals surface area contributed by atoms with Crippen molar-refractivity contribution in [2.75, 3.05) is 6.54 Å². The number of thiophene rings is 1. The van der Waals surface area contributed by atoms with E-state index in [4.69, 9.17) is 0 Å². The van der Waals surface area contributed by atoms with Gasteiger partial charge >= 0.3 is 0 Å². The van der Waals surface area contributed by atoms with Gasteiger partial charge in [-0.25, -0.2) is 12.8 Å². The molecular formula is C17H20FNO3S2. The van der Waals surface area contributed by atoms with E-state index < -0.39 is 20.9 Å². The second kappa shape index (κ2) is 7.90. The number of halogens is 1. The first-order valence-electron chi connectivity index (χ1n) is 7.66. The molecule has 1 amide bonds. The Morgan fingerprint density at radius 1 is 1.33 bits per heavy atom. The predicted molar refractivity (Wildman–Crippen MR) is 93.3 cm³/mol. The van der Waals surface area contributed by atoms with Gasteiger partial charge in [-0.2, -0.15) is 0 Å². The molecule has 1 aromatic carbocycles. The van der Waals surface area contributed by atoms with Crippen LogP contribution in [0.4, 0.5) is 4.39 Å². The minimum Gasteiger partial charge on any atom is -0.354 e. The van der Waals surface area contributed by atoms with Crippen LogP contribution in [0, 0.1) is 12.7 Å². The standard InChI is InChI=1S/C17H20FNO3S2/c1-3-5-17(20)19-11-16(15-6-4-9-23-15)24(21,22)13-7-8-14(18)12(2)10-13/h4,6-10,16H,3,5,11H2,1-2H3,(H,19,20)/t16-/m1/s1. The number of rotatable bonds is 7. The Balaban J connectivity index is 2.34. The van der Waals surface area contributed by atoms with E-state index in [2.05, 4.69) is 5.32 Å². The van der Waals surface area contributed by atoms with Crippen LogP contribution in [0.15, 0.2) is 40.6 Å². The van der Waals surface area contributed by atoms with Gasteiger partial charge in [0.05, 0.1) is 4.90 Å². The maximum Gasteiger partial charge on any atom is 0.220 e. The molecule has 0 saturated carbocycles. The molecule has 0 spiro atoms. The van der Waals surface area contributed by atoms with Gasteiger partial charge in [0.1, 0.15) is 11.1 Å². The van der Waals surface area contributed by atoms with Gasteiger partial charge in [-0.05, 0) is 48.6 Å². The minimum absolute atomic E-state index is 0.00188. The summed E-state index contributed by atoms with van der Waals surface area (Å²) in [7, 11) is -3.74. The zero-order chi connectivity index (χ0) is 17.7. The van der Waals surface area contributed by atoms with E-state index in [1.807, 2.05) is 6.92 Å². The lowest BCUT2D eigenvalue weighted by Crippen LogP contribution is -2.31. The maximum atomic E-state index is 13.5. The largest absolute Gasteiger partial charge is 0.354 e. The molecular weight excluding hydrogens is 349 g/mol. The third-order valence-corrected chi connectivity index (χ3v) is 6.87. The van der Waals surface area contributed by atoms with Crippen LogP contribution in [0.5, 0.6) is 0 Å². The summed E-state index contributed by atoms with van der Waals surface area (Å²) in [5.74, 6) is -0.623. The molecule has 0 bridgehead atoms. The summed E-state index contributed by atoms with van der Waals surface area (Å²) in [6, 6.07) is 7.26. The van der Waals surface area contributed by atoms with Crippen LogP contribution < -0.4 is 5.32 Å². The fourth-order valence-corrected chi connectivity index (χ4v) is 5.19. The minimum atomic E-state index is -3.74. The monoisotopic (exact) mass is 369 g/mol. The summed E-state index contributed by atoms with van der Waals surface area (Å²) in [6.45, 7) is 3.41. The molecule has 1 N–H and O–H groups in total. The van der Waals surface area contributed by atoms with Gasteiger partial charge in [-0.1, -0.05) is 13.0 Å². The van der Waals surface area contributed by atoms with Crippen LogP contribution in [0.1, 0.15) is 35.5 Å². The highest BCUT2D eigenvalue weighted by Gasteiger charge is 2.30. The summed E-state index contributed by atoms with van der Waals surface area (Å²) in [5, 5.41) is 3.60. The quantitative estimate of drug-likeness (QED) is 0.758. The lowest BCUT2D eigenvalue weighted by Gasteiger charge is -2.18. The first-order chi connectivity index (χ1) is 11.4. The number of nitrogens with one attached hydrogen (secondary N) is 1. The molecule has 4 nitrogen and oxygen atoms in total. The van der Waals surface area contributed by atoms with E-state index in [-0.39, 0.29) is 22.9 Å². The molecule has 2 aromatic rings. The van der Waals surface area contributed by atoms with Crippen molar-refractivity contribution in [3.8, 4) is 0 Å². The van der Waals surface area contributed by atoms with E-state index in [0.717, 1.165) is 6.07 Å². The number of sulfone groups is 1. The van der Waals surface area contributed by atoms with Crippen molar-refractivity contribution in [1.82, 2.24) is 5.32 Å². The second-order valence-corrected chi connectivity index (χ2v) is 8.62. The van der Waals surface area contributed by atoms with Crippen molar-refractivity contribution in [1.29, 1.82) is 0 Å². The van der Waals surface area contributed by atoms with Gasteiger partial charge in [0.15, 0.2) is 9.84 Å². The number of amides is 1. The van der Waals surface area contributed by atoms with E-state index in [1.165, 1.54) is 30.4 Å². The third kappa shape index (κ3) is 4.21. The fourth-order valence-electron chi connectivity index (χ4n) is 2.32. The van der Waals surface area contributed by atoms with Crippen molar-refractivity contribution in [3.05, 3.63) is 52.0 Å². The predicted octanol–water partition coefficient (Wildman–Crippen LogP) is 3.63. The van der Waals surface area contributed by atoms with Gasteiger partial charge in [0.25, 0.3) is 0 Å². The molecule has 0 unspecified atom stereocenters. The van der Waals surface area contributed by atoms with Crippen LogP contribution in [-0.2, 0) is 14.6 Å². The highest BCUT2D eigenvalue weighted by atomic mass is 32.2. The Labute approximate surface area is 145 Å². The zero-order valence-corrected chi connectivity index (χ0v) is 15.2. The van der Waals surface area contributed by atoms with Crippen molar-refractivity contribution in [3.63, 3.8) is 0 Å². The Morgan fingerprint density at radius 3 is 2.67 bits per heavy atom. The third-order valence-electron chi connectivity index (χ3n) is 3.65. The van der Waals surface area contributed by atoms with Crippen LogP contribution in [0.2, 0.25) is 0 Å². The van der Waals surface area contributed by atoms with Crippen LogP contribution in [0.3, 0.4) is 0 Å². The molecule has 0 saturated heterocycles. The van der Waals surface area contributed by atoms with Gasteiger partial charge in [0, 0.05) is 17.8 Å². The van der Waals surface area contributed by atoms with Crippen molar-refractivity contribution >= 4 is 27.1 Å². The average molecular weight is 369 g/mol. The highest BCUT2D eigenvalue weighted by Crippen LogP contribution is 2.32. The molecule has 0 radical (unpaired) electrons. The van der Waals surface area contributed by atoms with E-state index in [9.17, 15) is 17.6 Å². The normalized spacial score (nSPS) is 12.8. The number of aryl methyl sites for hydroxylation is 1. The van der Waals surface area contributed by atoms with Gasteiger partial charge in [-0.15, -0.1) is 11.3 Å². The molecule has 1 aromatic heterocycles. The molecule has 24 heavy (non-hydrogen) atoms. The van der Waals surface area contributed by atoms with Crippen molar-refractivity contribution in [2.24, 2.45) is 0 Å². The number of hydrogen-bond donors (Lipinski definition) is 1. The summed E-state index contributed by atoms with van der Waals surface area (Å²) >= 11 is 1.32. The molecule has 0 aliphatic heterocycles. The van der Waals surface area contributed by atoms with E-state index >= 15 is 0 Å². The molecule has 0 aliphatic rings. The highest BCUT2D eigenvalue weighted by molar-refractivity contribution is 7.91. The lowest BCUT2D eigenvalue weighted by molar-refractivity contribution is -0.121. The second-order valence-electron chi connectivity index (χ2n) is 5.51. The average Bonchev–Trinajstić information content (AvgIpc) is 3.04. The molecule has 0 fully saturated rings.